The zero-order valence-corrected chi connectivity index (χ0v) is 7.96. The van der Waals surface area contributed by atoms with Crippen molar-refractivity contribution in [2.24, 2.45) is 5.73 Å². The summed E-state index contributed by atoms with van der Waals surface area (Å²) in [5, 5.41) is 9.10. The Labute approximate surface area is 82.5 Å². The molecule has 1 aromatic carbocycles. The molecule has 1 aromatic rings. The number of hydrogen-bond donors (Lipinski definition) is 2. The van der Waals surface area contributed by atoms with Gasteiger partial charge in [-0.1, -0.05) is 6.07 Å². The van der Waals surface area contributed by atoms with Crippen LogP contribution in [0.3, 0.4) is 0 Å². The fraction of sp³-hybridized carbons (Fsp3) is 0.455. The number of halogens is 1. The lowest BCUT2D eigenvalue weighted by Crippen LogP contribution is -2.20. The average molecular weight is 195 g/mol. The maximum atomic E-state index is 13.3. The van der Waals surface area contributed by atoms with Crippen LogP contribution in [-0.4, -0.2) is 5.11 Å². The fourth-order valence-electron chi connectivity index (χ4n) is 2.18. The Morgan fingerprint density at radius 2 is 2.29 bits per heavy atom. The molecule has 0 heterocycles. The van der Waals surface area contributed by atoms with Gasteiger partial charge in [0.15, 0.2) is 0 Å². The molecule has 0 amide bonds. The Balaban J connectivity index is 2.57. The Bertz CT molecular complexity index is 351. The summed E-state index contributed by atoms with van der Waals surface area (Å²) in [4.78, 5) is 0. The highest BCUT2D eigenvalue weighted by molar-refractivity contribution is 5.39. The van der Waals surface area contributed by atoms with Gasteiger partial charge in [-0.3, -0.25) is 0 Å². The maximum absolute atomic E-state index is 13.3. The Morgan fingerprint density at radius 1 is 1.50 bits per heavy atom. The van der Waals surface area contributed by atoms with Gasteiger partial charge in [0.2, 0.25) is 0 Å². The molecule has 2 rings (SSSR count). The van der Waals surface area contributed by atoms with Crippen LogP contribution < -0.4 is 5.73 Å². The number of aliphatic hydroxyl groups excluding tert-OH is 1. The van der Waals surface area contributed by atoms with Gasteiger partial charge >= 0.3 is 0 Å². The number of aliphatic hydroxyl groups is 1. The number of benzene rings is 1. The SMILES string of the molecule is N[C@@H]1CCCc2ccc(F)c(CO)c21. The monoisotopic (exact) mass is 195 g/mol. The van der Waals surface area contributed by atoms with Gasteiger partial charge in [-0.25, -0.2) is 4.39 Å². The highest BCUT2D eigenvalue weighted by Crippen LogP contribution is 2.32. The summed E-state index contributed by atoms with van der Waals surface area (Å²) in [6.07, 6.45) is 2.87. The fourth-order valence-corrected chi connectivity index (χ4v) is 2.18. The van der Waals surface area contributed by atoms with Crippen LogP contribution in [0.1, 0.15) is 35.6 Å². The van der Waals surface area contributed by atoms with Gasteiger partial charge in [0.25, 0.3) is 0 Å². The van der Waals surface area contributed by atoms with Crippen molar-refractivity contribution in [3.05, 3.63) is 34.6 Å². The quantitative estimate of drug-likeness (QED) is 0.715. The molecule has 76 valence electrons. The molecule has 3 N–H and O–H groups in total. The summed E-state index contributed by atoms with van der Waals surface area (Å²) < 4.78 is 13.3. The van der Waals surface area contributed by atoms with Gasteiger partial charge in [-0.2, -0.15) is 0 Å². The first kappa shape index (κ1) is 9.62. The number of hydrogen-bond acceptors (Lipinski definition) is 2. The highest BCUT2D eigenvalue weighted by Gasteiger charge is 2.21. The molecule has 1 aliphatic carbocycles. The molecule has 2 nitrogen and oxygen atoms in total. The topological polar surface area (TPSA) is 46.2 Å². The maximum Gasteiger partial charge on any atom is 0.129 e. The molecule has 0 unspecified atom stereocenters. The van der Waals surface area contributed by atoms with Crippen LogP contribution in [0, 0.1) is 5.82 Å². The lowest BCUT2D eigenvalue weighted by atomic mass is 9.85. The average Bonchev–Trinajstić information content (AvgIpc) is 2.19. The van der Waals surface area contributed by atoms with Crippen molar-refractivity contribution in [2.45, 2.75) is 31.9 Å². The van der Waals surface area contributed by atoms with E-state index in [0.717, 1.165) is 30.4 Å². The second-order valence-electron chi connectivity index (χ2n) is 3.76. The van der Waals surface area contributed by atoms with Crippen LogP contribution in [0.25, 0.3) is 0 Å². The number of rotatable bonds is 1. The lowest BCUT2D eigenvalue weighted by molar-refractivity contribution is 0.272. The summed E-state index contributed by atoms with van der Waals surface area (Å²) in [6.45, 7) is -0.261. The van der Waals surface area contributed by atoms with Crippen molar-refractivity contribution in [3.8, 4) is 0 Å². The largest absolute Gasteiger partial charge is 0.392 e. The van der Waals surface area contributed by atoms with Crippen molar-refractivity contribution in [1.29, 1.82) is 0 Å². The van der Waals surface area contributed by atoms with Crippen molar-refractivity contribution in [2.75, 3.05) is 0 Å². The van der Waals surface area contributed by atoms with Crippen LogP contribution in [0.4, 0.5) is 4.39 Å². The third-order valence-corrected chi connectivity index (χ3v) is 2.88. The lowest BCUT2D eigenvalue weighted by Gasteiger charge is -2.24. The van der Waals surface area contributed by atoms with Crippen molar-refractivity contribution in [1.82, 2.24) is 0 Å². The molecule has 0 aromatic heterocycles. The zero-order chi connectivity index (χ0) is 10.1. The molecule has 1 aliphatic rings. The molecule has 0 aliphatic heterocycles. The molecule has 0 fully saturated rings. The summed E-state index contributed by atoms with van der Waals surface area (Å²) in [5.41, 5.74) is 8.22. The minimum Gasteiger partial charge on any atom is -0.392 e. The van der Waals surface area contributed by atoms with E-state index in [1.807, 2.05) is 0 Å². The van der Waals surface area contributed by atoms with E-state index in [4.69, 9.17) is 10.8 Å². The van der Waals surface area contributed by atoms with E-state index in [1.54, 1.807) is 6.07 Å². The van der Waals surface area contributed by atoms with Crippen molar-refractivity contribution >= 4 is 0 Å². The molecule has 1 atom stereocenters. The first-order chi connectivity index (χ1) is 6.74. The van der Waals surface area contributed by atoms with E-state index < -0.39 is 0 Å². The van der Waals surface area contributed by atoms with Crippen molar-refractivity contribution < 1.29 is 9.50 Å². The molecular formula is C11H14FNO. The van der Waals surface area contributed by atoms with Gasteiger partial charge in [0.1, 0.15) is 5.82 Å². The smallest absolute Gasteiger partial charge is 0.129 e. The summed E-state index contributed by atoms with van der Waals surface area (Å²) in [6, 6.07) is 3.09. The van der Waals surface area contributed by atoms with E-state index in [2.05, 4.69) is 0 Å². The molecule has 0 saturated carbocycles. The molecule has 0 radical (unpaired) electrons. The van der Waals surface area contributed by atoms with E-state index in [0.29, 0.717) is 5.56 Å². The normalized spacial score (nSPS) is 20.6. The second-order valence-corrected chi connectivity index (χ2v) is 3.76. The predicted molar refractivity (Wildman–Crippen MR) is 52.2 cm³/mol. The number of nitrogens with two attached hydrogens (primary N) is 1. The van der Waals surface area contributed by atoms with E-state index in [1.165, 1.54) is 6.07 Å². The van der Waals surface area contributed by atoms with Crippen LogP contribution >= 0.6 is 0 Å². The van der Waals surface area contributed by atoms with Gasteiger partial charge in [-0.15, -0.1) is 0 Å². The van der Waals surface area contributed by atoms with Crippen LogP contribution in [0.15, 0.2) is 12.1 Å². The minimum absolute atomic E-state index is 0.114. The van der Waals surface area contributed by atoms with Gasteiger partial charge in [0.05, 0.1) is 6.61 Å². The Kier molecular flexibility index (Phi) is 2.52. The van der Waals surface area contributed by atoms with E-state index >= 15 is 0 Å². The van der Waals surface area contributed by atoms with Crippen LogP contribution in [-0.2, 0) is 13.0 Å². The predicted octanol–water partition coefficient (Wildman–Crippen LogP) is 1.65. The van der Waals surface area contributed by atoms with E-state index in [-0.39, 0.29) is 18.5 Å². The Morgan fingerprint density at radius 3 is 3.00 bits per heavy atom. The van der Waals surface area contributed by atoms with Crippen molar-refractivity contribution in [3.63, 3.8) is 0 Å². The third-order valence-electron chi connectivity index (χ3n) is 2.88. The molecule has 3 heteroatoms. The first-order valence-corrected chi connectivity index (χ1v) is 4.90. The Hall–Kier alpha value is -0.930. The summed E-state index contributed by atoms with van der Waals surface area (Å²) in [5.74, 6) is -0.344. The minimum atomic E-state index is -0.344. The molecule has 14 heavy (non-hydrogen) atoms. The molecule has 0 saturated heterocycles. The first-order valence-electron chi connectivity index (χ1n) is 4.90. The van der Waals surface area contributed by atoms with Gasteiger partial charge < -0.3 is 10.8 Å². The van der Waals surface area contributed by atoms with Crippen LogP contribution in [0.5, 0.6) is 0 Å². The standard InChI is InChI=1S/C11H14FNO/c12-9-5-4-7-2-1-3-10(13)11(7)8(9)6-14/h4-5,10,14H,1-3,6,13H2/t10-/m1/s1. The number of fused-ring (bicyclic) bond motifs is 1. The summed E-state index contributed by atoms with van der Waals surface area (Å²) >= 11 is 0. The molecular weight excluding hydrogens is 181 g/mol. The van der Waals surface area contributed by atoms with E-state index in [9.17, 15) is 4.39 Å². The molecule has 0 spiro atoms. The second kappa shape index (κ2) is 3.67. The summed E-state index contributed by atoms with van der Waals surface area (Å²) in [7, 11) is 0. The molecule has 0 bridgehead atoms. The highest BCUT2D eigenvalue weighted by atomic mass is 19.1. The zero-order valence-electron chi connectivity index (χ0n) is 7.96. The van der Waals surface area contributed by atoms with Crippen LogP contribution in [0.2, 0.25) is 0 Å². The van der Waals surface area contributed by atoms with Gasteiger partial charge in [0, 0.05) is 11.6 Å². The number of aryl methyl sites for hydroxylation is 1. The third kappa shape index (κ3) is 1.42. The van der Waals surface area contributed by atoms with Gasteiger partial charge in [-0.05, 0) is 36.5 Å².